The Morgan fingerprint density at radius 2 is 2.18 bits per heavy atom. The van der Waals surface area contributed by atoms with Gasteiger partial charge in [-0.05, 0) is 31.2 Å². The fraction of sp³-hybridized carbons (Fsp3) is 1.00. The van der Waals surface area contributed by atoms with Gasteiger partial charge in [0.2, 0.25) is 0 Å². The largest absolute Gasteiger partial charge is 0.314 e. The van der Waals surface area contributed by atoms with Gasteiger partial charge in [-0.15, -0.1) is 0 Å². The third-order valence-electron chi connectivity index (χ3n) is 3.62. The van der Waals surface area contributed by atoms with Crippen LogP contribution in [-0.4, -0.2) is 12.6 Å². The molecular formula is C10H19N. The second-order valence-corrected chi connectivity index (χ2v) is 4.11. The maximum atomic E-state index is 3.62. The minimum absolute atomic E-state index is 0.897. The predicted octanol–water partition coefficient (Wildman–Crippen LogP) is 2.17. The van der Waals surface area contributed by atoms with Crippen molar-refractivity contribution in [1.29, 1.82) is 0 Å². The van der Waals surface area contributed by atoms with Crippen molar-refractivity contribution in [3.8, 4) is 0 Å². The van der Waals surface area contributed by atoms with E-state index in [0.717, 1.165) is 17.9 Å². The SMILES string of the molecule is CCC1CCCC2NCCC12. The van der Waals surface area contributed by atoms with Crippen LogP contribution in [0.15, 0.2) is 0 Å². The molecule has 1 aliphatic carbocycles. The van der Waals surface area contributed by atoms with Gasteiger partial charge in [0.15, 0.2) is 0 Å². The molecule has 1 N–H and O–H groups in total. The van der Waals surface area contributed by atoms with Gasteiger partial charge in [0.05, 0.1) is 0 Å². The van der Waals surface area contributed by atoms with E-state index in [2.05, 4.69) is 12.2 Å². The standard InChI is InChI=1S/C10H19N/c1-2-8-4-3-5-10-9(8)6-7-11-10/h8-11H,2-7H2,1H3. The van der Waals surface area contributed by atoms with Gasteiger partial charge >= 0.3 is 0 Å². The Hall–Kier alpha value is -0.0400. The summed E-state index contributed by atoms with van der Waals surface area (Å²) in [6.07, 6.45) is 7.26. The van der Waals surface area contributed by atoms with Crippen molar-refractivity contribution in [2.75, 3.05) is 6.54 Å². The van der Waals surface area contributed by atoms with Crippen LogP contribution < -0.4 is 5.32 Å². The molecule has 3 atom stereocenters. The molecule has 1 aliphatic heterocycles. The molecule has 0 bridgehead atoms. The summed E-state index contributed by atoms with van der Waals surface area (Å²) in [6, 6.07) is 0.897. The summed E-state index contributed by atoms with van der Waals surface area (Å²) in [6.45, 7) is 3.64. The minimum Gasteiger partial charge on any atom is -0.314 e. The Bertz CT molecular complexity index is 133. The van der Waals surface area contributed by atoms with Gasteiger partial charge in [0.1, 0.15) is 0 Å². The van der Waals surface area contributed by atoms with E-state index < -0.39 is 0 Å². The number of nitrogens with one attached hydrogen (secondary N) is 1. The zero-order chi connectivity index (χ0) is 7.68. The molecule has 3 unspecified atom stereocenters. The Morgan fingerprint density at radius 3 is 3.00 bits per heavy atom. The lowest BCUT2D eigenvalue weighted by molar-refractivity contribution is 0.213. The average molecular weight is 153 g/mol. The lowest BCUT2D eigenvalue weighted by Gasteiger charge is -2.32. The summed E-state index contributed by atoms with van der Waals surface area (Å²) in [5.74, 6) is 2.08. The molecule has 1 heterocycles. The lowest BCUT2D eigenvalue weighted by atomic mass is 9.75. The molecule has 2 fully saturated rings. The summed E-state index contributed by atoms with van der Waals surface area (Å²) in [7, 11) is 0. The van der Waals surface area contributed by atoms with Crippen LogP contribution in [-0.2, 0) is 0 Å². The van der Waals surface area contributed by atoms with Crippen LogP contribution in [0.2, 0.25) is 0 Å². The lowest BCUT2D eigenvalue weighted by Crippen LogP contribution is -2.34. The highest BCUT2D eigenvalue weighted by molar-refractivity contribution is 4.90. The van der Waals surface area contributed by atoms with Crippen molar-refractivity contribution in [2.24, 2.45) is 11.8 Å². The summed E-state index contributed by atoms with van der Waals surface area (Å²) in [5, 5.41) is 3.62. The average Bonchev–Trinajstić information content (AvgIpc) is 2.50. The third-order valence-corrected chi connectivity index (χ3v) is 3.62. The fourth-order valence-electron chi connectivity index (χ4n) is 2.99. The first-order valence-corrected chi connectivity index (χ1v) is 5.15. The minimum atomic E-state index is 0.897. The maximum absolute atomic E-state index is 3.62. The maximum Gasteiger partial charge on any atom is 0.00984 e. The molecule has 0 radical (unpaired) electrons. The van der Waals surface area contributed by atoms with Gasteiger partial charge in [-0.2, -0.15) is 0 Å². The Balaban J connectivity index is 2.00. The van der Waals surface area contributed by atoms with Crippen LogP contribution in [0.3, 0.4) is 0 Å². The first kappa shape index (κ1) is 7.60. The van der Waals surface area contributed by atoms with Gasteiger partial charge in [-0.1, -0.05) is 26.2 Å². The van der Waals surface area contributed by atoms with E-state index in [1.807, 2.05) is 0 Å². The van der Waals surface area contributed by atoms with Gasteiger partial charge < -0.3 is 5.32 Å². The summed E-state index contributed by atoms with van der Waals surface area (Å²) < 4.78 is 0. The zero-order valence-electron chi connectivity index (χ0n) is 7.47. The van der Waals surface area contributed by atoms with Crippen molar-refractivity contribution < 1.29 is 0 Å². The van der Waals surface area contributed by atoms with Crippen LogP contribution in [0.4, 0.5) is 0 Å². The van der Waals surface area contributed by atoms with Crippen LogP contribution in [0.25, 0.3) is 0 Å². The number of fused-ring (bicyclic) bond motifs is 1. The van der Waals surface area contributed by atoms with Gasteiger partial charge in [-0.25, -0.2) is 0 Å². The molecule has 0 aromatic heterocycles. The van der Waals surface area contributed by atoms with Crippen LogP contribution in [0.5, 0.6) is 0 Å². The van der Waals surface area contributed by atoms with Crippen molar-refractivity contribution in [3.63, 3.8) is 0 Å². The van der Waals surface area contributed by atoms with Gasteiger partial charge in [-0.3, -0.25) is 0 Å². The topological polar surface area (TPSA) is 12.0 Å². The van der Waals surface area contributed by atoms with E-state index in [1.165, 1.54) is 38.6 Å². The van der Waals surface area contributed by atoms with Gasteiger partial charge in [0.25, 0.3) is 0 Å². The van der Waals surface area contributed by atoms with E-state index in [0.29, 0.717) is 0 Å². The highest BCUT2D eigenvalue weighted by Gasteiger charge is 2.34. The second kappa shape index (κ2) is 3.14. The highest BCUT2D eigenvalue weighted by atomic mass is 15.0. The zero-order valence-corrected chi connectivity index (χ0v) is 7.47. The fourth-order valence-corrected chi connectivity index (χ4v) is 2.99. The quantitative estimate of drug-likeness (QED) is 0.609. The molecule has 1 nitrogen and oxygen atoms in total. The van der Waals surface area contributed by atoms with E-state index in [9.17, 15) is 0 Å². The Labute approximate surface area is 69.6 Å². The summed E-state index contributed by atoms with van der Waals surface area (Å²) in [4.78, 5) is 0. The third kappa shape index (κ3) is 1.31. The number of hydrogen-bond donors (Lipinski definition) is 1. The monoisotopic (exact) mass is 153 g/mol. The summed E-state index contributed by atoms with van der Waals surface area (Å²) >= 11 is 0. The smallest absolute Gasteiger partial charge is 0.00984 e. The Kier molecular flexibility index (Phi) is 2.17. The van der Waals surface area contributed by atoms with E-state index in [4.69, 9.17) is 0 Å². The molecule has 2 rings (SSSR count). The molecule has 64 valence electrons. The first-order chi connectivity index (χ1) is 5.42. The van der Waals surface area contributed by atoms with Crippen LogP contribution in [0, 0.1) is 11.8 Å². The normalized spacial score (nSPS) is 43.9. The van der Waals surface area contributed by atoms with Gasteiger partial charge in [0, 0.05) is 6.04 Å². The van der Waals surface area contributed by atoms with Crippen molar-refractivity contribution >= 4 is 0 Å². The Morgan fingerprint density at radius 1 is 1.27 bits per heavy atom. The first-order valence-electron chi connectivity index (χ1n) is 5.15. The van der Waals surface area contributed by atoms with Crippen LogP contribution >= 0.6 is 0 Å². The van der Waals surface area contributed by atoms with Crippen LogP contribution in [0.1, 0.15) is 39.0 Å². The molecule has 1 saturated heterocycles. The van der Waals surface area contributed by atoms with E-state index >= 15 is 0 Å². The number of rotatable bonds is 1. The van der Waals surface area contributed by atoms with Crippen molar-refractivity contribution in [2.45, 2.75) is 45.1 Å². The van der Waals surface area contributed by atoms with E-state index in [-0.39, 0.29) is 0 Å². The molecular weight excluding hydrogens is 134 g/mol. The van der Waals surface area contributed by atoms with E-state index in [1.54, 1.807) is 0 Å². The molecule has 0 aromatic rings. The molecule has 0 aromatic carbocycles. The summed E-state index contributed by atoms with van der Waals surface area (Å²) in [5.41, 5.74) is 0. The highest BCUT2D eigenvalue weighted by Crippen LogP contribution is 2.37. The van der Waals surface area contributed by atoms with Crippen molar-refractivity contribution in [1.82, 2.24) is 5.32 Å². The molecule has 1 saturated carbocycles. The van der Waals surface area contributed by atoms with Crippen molar-refractivity contribution in [3.05, 3.63) is 0 Å². The molecule has 1 heteroatoms. The predicted molar refractivity (Wildman–Crippen MR) is 47.5 cm³/mol. The molecule has 11 heavy (non-hydrogen) atoms. The molecule has 2 aliphatic rings. The molecule has 0 amide bonds. The number of hydrogen-bond acceptors (Lipinski definition) is 1. The molecule has 0 spiro atoms. The second-order valence-electron chi connectivity index (χ2n) is 4.11.